The molecule has 0 fully saturated rings. The SMILES string of the molecule is CC(C)[O-].CC(C)[O-].CC(C)[O-].CCCCC(CC)C(=O)[O-].[Ti+4]. The molecule has 0 aromatic carbocycles. The number of hydrogen-bond acceptors (Lipinski definition) is 5. The van der Waals surface area contributed by atoms with Gasteiger partial charge in [0, 0.05) is 5.97 Å². The quantitative estimate of drug-likeness (QED) is 0.645. The van der Waals surface area contributed by atoms with Gasteiger partial charge in [-0.3, -0.25) is 0 Å². The third-order valence-corrected chi connectivity index (χ3v) is 1.73. The van der Waals surface area contributed by atoms with Crippen LogP contribution in [0.3, 0.4) is 0 Å². The number of unbranched alkanes of at least 4 members (excludes halogenated alkanes) is 1. The molecule has 0 N–H and O–H groups in total. The van der Waals surface area contributed by atoms with E-state index in [1.165, 1.54) is 0 Å². The molecular formula is C17H36O5Ti. The van der Waals surface area contributed by atoms with Gasteiger partial charge in [-0.2, -0.15) is 0 Å². The molecule has 0 aliphatic heterocycles. The third kappa shape index (κ3) is 87.7. The van der Waals surface area contributed by atoms with Crippen LogP contribution in [0, 0.1) is 5.92 Å². The van der Waals surface area contributed by atoms with E-state index in [4.69, 9.17) is 0 Å². The van der Waals surface area contributed by atoms with E-state index in [9.17, 15) is 25.2 Å². The fourth-order valence-corrected chi connectivity index (χ4v) is 0.939. The number of rotatable bonds is 5. The summed E-state index contributed by atoms with van der Waals surface area (Å²) in [4.78, 5) is 10.3. The van der Waals surface area contributed by atoms with Crippen molar-refractivity contribution in [1.82, 2.24) is 0 Å². The van der Waals surface area contributed by atoms with Crippen molar-refractivity contribution in [1.29, 1.82) is 0 Å². The Balaban J connectivity index is -0.0000000700. The maximum Gasteiger partial charge on any atom is 4.00 e. The Morgan fingerprint density at radius 2 is 1.09 bits per heavy atom. The van der Waals surface area contributed by atoms with Gasteiger partial charge in [0.1, 0.15) is 0 Å². The van der Waals surface area contributed by atoms with E-state index in [0.29, 0.717) is 6.42 Å². The smallest absolute Gasteiger partial charge is 0.852 e. The standard InChI is InChI=1S/C8H16O2.3C3H7O.Ti/c1-3-5-6-7(4-2)8(9)10;3*1-3(2)4;/h7H,3-6H2,1-2H3,(H,9,10);3*3H,1-2H3;/q;3*-1;+4/p-1. The first-order valence-electron chi connectivity index (χ1n) is 8.10. The number of hydrogen-bond donors (Lipinski definition) is 0. The Morgan fingerprint density at radius 3 is 1.22 bits per heavy atom. The third-order valence-electron chi connectivity index (χ3n) is 1.73. The van der Waals surface area contributed by atoms with Gasteiger partial charge in [0.2, 0.25) is 0 Å². The van der Waals surface area contributed by atoms with Crippen LogP contribution < -0.4 is 20.4 Å². The molecule has 0 aromatic rings. The molecule has 5 nitrogen and oxygen atoms in total. The van der Waals surface area contributed by atoms with E-state index in [1.807, 2.05) is 6.92 Å². The van der Waals surface area contributed by atoms with Gasteiger partial charge in [-0.15, -0.1) is 18.3 Å². The summed E-state index contributed by atoms with van der Waals surface area (Å²) in [6.45, 7) is 13.6. The first kappa shape index (κ1) is 34.4. The second-order valence-corrected chi connectivity index (χ2v) is 5.71. The number of carbonyl (C=O) groups excluding carboxylic acids is 1. The number of carboxylic acid groups (broad SMARTS) is 1. The average molecular weight is 368 g/mol. The van der Waals surface area contributed by atoms with Crippen molar-refractivity contribution < 1.29 is 46.9 Å². The van der Waals surface area contributed by atoms with Crippen LogP contribution in [0.25, 0.3) is 0 Å². The van der Waals surface area contributed by atoms with Crippen molar-refractivity contribution >= 4 is 5.97 Å². The summed E-state index contributed by atoms with van der Waals surface area (Å²) in [5, 5.41) is 38.9. The molecule has 0 heterocycles. The van der Waals surface area contributed by atoms with E-state index in [2.05, 4.69) is 6.92 Å². The van der Waals surface area contributed by atoms with Crippen LogP contribution >= 0.6 is 0 Å². The van der Waals surface area contributed by atoms with Crippen molar-refractivity contribution in [3.8, 4) is 0 Å². The van der Waals surface area contributed by atoms with Gasteiger partial charge in [0.15, 0.2) is 0 Å². The summed E-state index contributed by atoms with van der Waals surface area (Å²) in [6, 6.07) is 0. The summed E-state index contributed by atoms with van der Waals surface area (Å²) in [5.74, 6) is -1.11. The maximum absolute atomic E-state index is 10.3. The first-order valence-corrected chi connectivity index (χ1v) is 8.10. The molecular weight excluding hydrogens is 332 g/mol. The molecule has 0 radical (unpaired) electrons. The van der Waals surface area contributed by atoms with Gasteiger partial charge in [-0.05, 0) is 18.8 Å². The number of aliphatic carboxylic acids is 1. The molecule has 1 atom stereocenters. The van der Waals surface area contributed by atoms with E-state index in [1.54, 1.807) is 41.5 Å². The fraction of sp³-hybridized carbons (Fsp3) is 0.941. The Kier molecular flexibility index (Phi) is 40.3. The zero-order valence-electron chi connectivity index (χ0n) is 16.2. The molecule has 0 rings (SSSR count). The average Bonchev–Trinajstić information content (AvgIpc) is 2.27. The van der Waals surface area contributed by atoms with Crippen molar-refractivity contribution in [2.45, 2.75) is 99.4 Å². The summed E-state index contributed by atoms with van der Waals surface area (Å²) < 4.78 is 0. The van der Waals surface area contributed by atoms with Crippen LogP contribution in [-0.4, -0.2) is 24.3 Å². The van der Waals surface area contributed by atoms with Crippen molar-refractivity contribution in [3.63, 3.8) is 0 Å². The van der Waals surface area contributed by atoms with Gasteiger partial charge in [-0.25, -0.2) is 0 Å². The monoisotopic (exact) mass is 368 g/mol. The van der Waals surface area contributed by atoms with E-state index < -0.39 is 24.3 Å². The van der Waals surface area contributed by atoms with Gasteiger partial charge in [0.25, 0.3) is 0 Å². The molecule has 23 heavy (non-hydrogen) atoms. The second kappa shape index (κ2) is 26.9. The van der Waals surface area contributed by atoms with E-state index in [0.717, 1.165) is 19.3 Å². The summed E-state index contributed by atoms with van der Waals surface area (Å²) in [6.07, 6.45) is 2.27. The Morgan fingerprint density at radius 1 is 0.826 bits per heavy atom. The van der Waals surface area contributed by atoms with Crippen LogP contribution in [0.5, 0.6) is 0 Å². The number of carbonyl (C=O) groups is 1. The molecule has 0 spiro atoms. The minimum Gasteiger partial charge on any atom is -0.852 e. The molecule has 1 unspecified atom stereocenters. The van der Waals surface area contributed by atoms with Gasteiger partial charge in [-0.1, -0.05) is 68.2 Å². The van der Waals surface area contributed by atoms with Gasteiger partial charge < -0.3 is 25.2 Å². The number of carboxylic acids is 1. The van der Waals surface area contributed by atoms with Gasteiger partial charge in [0.05, 0.1) is 0 Å². The molecule has 0 saturated carbocycles. The van der Waals surface area contributed by atoms with Crippen LogP contribution in [0.1, 0.15) is 81.1 Å². The predicted molar refractivity (Wildman–Crippen MR) is 83.7 cm³/mol. The van der Waals surface area contributed by atoms with Crippen molar-refractivity contribution in [3.05, 3.63) is 0 Å². The zero-order valence-corrected chi connectivity index (χ0v) is 17.7. The minimum atomic E-state index is -0.893. The molecule has 0 aliphatic rings. The van der Waals surface area contributed by atoms with Crippen molar-refractivity contribution in [2.24, 2.45) is 5.92 Å². The zero-order chi connectivity index (χ0) is 18.7. The van der Waals surface area contributed by atoms with E-state index >= 15 is 0 Å². The first-order chi connectivity index (χ1) is 9.91. The second-order valence-electron chi connectivity index (χ2n) is 5.71. The predicted octanol–water partition coefficient (Wildman–Crippen LogP) is 0.216. The maximum atomic E-state index is 10.3. The Hall–Kier alpha value is 0.0643. The Bertz CT molecular complexity index is 187. The Labute approximate surface area is 158 Å². The van der Waals surface area contributed by atoms with Crippen LogP contribution in [0.2, 0.25) is 0 Å². The summed E-state index contributed by atoms with van der Waals surface area (Å²) >= 11 is 0. The molecule has 6 heteroatoms. The van der Waals surface area contributed by atoms with Gasteiger partial charge >= 0.3 is 21.7 Å². The largest absolute Gasteiger partial charge is 4.00 e. The molecule has 0 bridgehead atoms. The minimum absolute atomic E-state index is 0. The summed E-state index contributed by atoms with van der Waals surface area (Å²) in [7, 11) is 0. The van der Waals surface area contributed by atoms with Crippen molar-refractivity contribution in [2.75, 3.05) is 0 Å². The molecule has 0 amide bonds. The van der Waals surface area contributed by atoms with Crippen LogP contribution in [-0.2, 0) is 26.5 Å². The fourth-order valence-electron chi connectivity index (χ4n) is 0.939. The topological polar surface area (TPSA) is 109 Å². The molecule has 0 aliphatic carbocycles. The molecule has 138 valence electrons. The normalized spacial score (nSPS) is 10.3. The van der Waals surface area contributed by atoms with Crippen LogP contribution in [0.15, 0.2) is 0 Å². The van der Waals surface area contributed by atoms with Crippen LogP contribution in [0.4, 0.5) is 0 Å². The summed E-state index contributed by atoms with van der Waals surface area (Å²) in [5.41, 5.74) is 0. The van der Waals surface area contributed by atoms with E-state index in [-0.39, 0.29) is 27.6 Å². The molecule has 0 saturated heterocycles. The molecule has 0 aromatic heterocycles.